The van der Waals surface area contributed by atoms with E-state index in [-0.39, 0.29) is 40.5 Å². The normalized spacial score (nSPS) is 19.3. The van der Waals surface area contributed by atoms with Gasteiger partial charge in [-0.05, 0) is 143 Å². The van der Waals surface area contributed by atoms with E-state index in [0.717, 1.165) is 89.7 Å². The van der Waals surface area contributed by atoms with Gasteiger partial charge in [0.15, 0.2) is 8.32 Å². The fraction of sp³-hybridized carbons (Fsp3) is 0.509. The van der Waals surface area contributed by atoms with Crippen molar-refractivity contribution in [3.63, 3.8) is 0 Å². The topological polar surface area (TPSA) is 140 Å². The van der Waals surface area contributed by atoms with Crippen LogP contribution in [-0.2, 0) is 25.9 Å². The van der Waals surface area contributed by atoms with Crippen LogP contribution in [0.2, 0.25) is 23.2 Å². The van der Waals surface area contributed by atoms with Crippen molar-refractivity contribution < 1.29 is 14.0 Å². The molecule has 16 heteroatoms. The Hall–Kier alpha value is -5.06. The minimum atomic E-state index is -2.22. The van der Waals surface area contributed by atoms with E-state index in [1.54, 1.807) is 27.0 Å². The second-order valence-corrected chi connectivity index (χ2v) is 28.6. The molecule has 6 heterocycles. The highest BCUT2D eigenvalue weighted by molar-refractivity contribution is 7.13. The van der Waals surface area contributed by atoms with Crippen molar-refractivity contribution in [2.75, 3.05) is 26.2 Å². The fourth-order valence-corrected chi connectivity index (χ4v) is 13.2. The van der Waals surface area contributed by atoms with Crippen molar-refractivity contribution in [2.45, 2.75) is 148 Å². The molecule has 4 atom stereocenters. The van der Waals surface area contributed by atoms with E-state index < -0.39 is 25.8 Å². The molecular weight excluding hydrogens is 946 g/mol. The minimum absolute atomic E-state index is 0.0283. The number of hydrogen-bond donors (Lipinski definition) is 1. The smallest absolute Gasteiger partial charge is 0.282 e. The first-order valence-corrected chi connectivity index (χ1v) is 29.6. The maximum atomic E-state index is 14.9. The highest BCUT2D eigenvalue weighted by atomic mass is 35.5. The number of amides is 2. The maximum absolute atomic E-state index is 14.9. The van der Waals surface area contributed by atoms with Crippen LogP contribution >= 0.6 is 22.9 Å². The molecule has 0 radical (unpaired) electrons. The molecule has 0 bridgehead atoms. The number of likely N-dealkylation sites (tertiary alicyclic amines) is 2. The minimum Gasteiger partial charge on any atom is -0.412 e. The summed E-state index contributed by atoms with van der Waals surface area (Å²) in [5.74, 6) is 0.766. The highest BCUT2D eigenvalue weighted by Gasteiger charge is 2.48. The molecule has 71 heavy (non-hydrogen) atoms. The molecule has 2 fully saturated rings. The number of nitrogens with zero attached hydrogens (tertiary/aromatic N) is 8. The standard InChI is InChI=1S/C55H70ClN9O4SSi/c1-33(2)48(52(68)63-31-41(69-71(10,11)54(5,6)7)29-46(63)50(66)58-34(3)36-17-19-38(20-18-36)49-35(4)57-32-70-49)64-30-40(60-61-64)14-13-25-62-26-23-37(24-27-62)39-21-22-44-42(28-39)55(8,9)53-59-51(67)47-43(56)15-12-16-45(47)65(44)53/h12,15-22,28,30,32-34,37,41,46,48H,13-14,23-27,29,31H2,1-11H3,(H,58,66)/t34-,41+,46-,48-/m0/s1. The van der Waals surface area contributed by atoms with Crippen molar-refractivity contribution >= 4 is 54.0 Å². The summed E-state index contributed by atoms with van der Waals surface area (Å²) >= 11 is 8.12. The van der Waals surface area contributed by atoms with Crippen LogP contribution < -0.4 is 10.9 Å². The molecule has 2 amide bonds. The summed E-state index contributed by atoms with van der Waals surface area (Å²) in [6.45, 7) is 26.7. The Morgan fingerprint density at radius 2 is 1.76 bits per heavy atom. The predicted octanol–water partition coefficient (Wildman–Crippen LogP) is 10.6. The van der Waals surface area contributed by atoms with Gasteiger partial charge in [0.05, 0.1) is 60.9 Å². The van der Waals surface area contributed by atoms with Crippen LogP contribution in [0.1, 0.15) is 133 Å². The number of carbonyl (C=O) groups excluding carboxylic acids is 2. The summed E-state index contributed by atoms with van der Waals surface area (Å²) in [5.41, 5.74) is 9.45. The fourth-order valence-electron chi connectivity index (χ4n) is 10.8. The molecule has 0 unspecified atom stereocenters. The van der Waals surface area contributed by atoms with Gasteiger partial charge in [0, 0.05) is 19.2 Å². The zero-order valence-corrected chi connectivity index (χ0v) is 45.8. The van der Waals surface area contributed by atoms with Crippen molar-refractivity contribution in [2.24, 2.45) is 5.92 Å². The van der Waals surface area contributed by atoms with E-state index in [1.165, 1.54) is 11.1 Å². The monoisotopic (exact) mass is 1020 g/mol. The molecule has 0 aliphatic carbocycles. The number of nitrogens with one attached hydrogen (secondary N) is 1. The molecule has 376 valence electrons. The highest BCUT2D eigenvalue weighted by Crippen LogP contribution is 2.45. The summed E-state index contributed by atoms with van der Waals surface area (Å²) in [6.07, 6.45) is 5.89. The lowest BCUT2D eigenvalue weighted by atomic mass is 9.81. The lowest BCUT2D eigenvalue weighted by Crippen LogP contribution is -2.49. The van der Waals surface area contributed by atoms with Crippen molar-refractivity contribution in [1.29, 1.82) is 0 Å². The number of aryl methyl sites for hydroxylation is 2. The molecule has 3 aliphatic rings. The van der Waals surface area contributed by atoms with Gasteiger partial charge < -0.3 is 19.5 Å². The second-order valence-electron chi connectivity index (χ2n) is 22.6. The Morgan fingerprint density at radius 1 is 1.03 bits per heavy atom. The average Bonchev–Trinajstić information content (AvgIpc) is 4.12. The molecule has 3 aromatic heterocycles. The third kappa shape index (κ3) is 9.93. The lowest BCUT2D eigenvalue weighted by Gasteiger charge is -2.38. The Bertz CT molecular complexity index is 3000. The number of carbonyl (C=O) groups is 2. The average molecular weight is 1020 g/mol. The summed E-state index contributed by atoms with van der Waals surface area (Å²) in [7, 11) is -2.22. The summed E-state index contributed by atoms with van der Waals surface area (Å²) in [4.78, 5) is 56.8. The molecule has 13 nitrogen and oxygen atoms in total. The first-order chi connectivity index (χ1) is 33.6. The molecule has 0 spiro atoms. The van der Waals surface area contributed by atoms with Gasteiger partial charge in [-0.3, -0.25) is 19.0 Å². The summed E-state index contributed by atoms with van der Waals surface area (Å²) in [5, 5.41) is 13.3. The number of hydrogen-bond acceptors (Lipinski definition) is 10. The Balaban J connectivity index is 0.828. The Kier molecular flexibility index (Phi) is 14.1. The van der Waals surface area contributed by atoms with Crippen LogP contribution in [-0.4, -0.2) is 97.8 Å². The number of halogens is 1. The predicted molar refractivity (Wildman–Crippen MR) is 286 cm³/mol. The first-order valence-electron chi connectivity index (χ1n) is 25.4. The SMILES string of the molecule is Cc1ncsc1-c1ccc([C@H](C)NC(=O)[C@@H]2C[C@@H](O[Si](C)(C)C(C)(C)C)CN2C(=O)[C@H](C(C)C)n2cc(CCCN3CCC(c4ccc5c(c4)C(C)(C)c4nc(=O)c6c(Cl)cccc6n4-5)CC3)nn2)cc1. The largest absolute Gasteiger partial charge is 0.412 e. The zero-order valence-electron chi connectivity index (χ0n) is 43.3. The summed E-state index contributed by atoms with van der Waals surface area (Å²) < 4.78 is 10.7. The Labute approximate surface area is 428 Å². The first kappa shape index (κ1) is 50.9. The van der Waals surface area contributed by atoms with Crippen molar-refractivity contribution in [3.8, 4) is 16.1 Å². The molecule has 3 aromatic carbocycles. The molecule has 6 aromatic rings. The zero-order chi connectivity index (χ0) is 50.7. The molecule has 9 rings (SSSR count). The van der Waals surface area contributed by atoms with Crippen LogP contribution in [0.15, 0.2) is 77.2 Å². The van der Waals surface area contributed by atoms with Gasteiger partial charge in [-0.2, -0.15) is 4.98 Å². The van der Waals surface area contributed by atoms with E-state index >= 15 is 0 Å². The van der Waals surface area contributed by atoms with Crippen LogP contribution in [0.25, 0.3) is 27.0 Å². The van der Waals surface area contributed by atoms with Crippen molar-refractivity contribution in [3.05, 3.63) is 122 Å². The number of piperidine rings is 1. The van der Waals surface area contributed by atoms with E-state index in [1.807, 2.05) is 51.5 Å². The number of thiazole rings is 1. The maximum Gasteiger partial charge on any atom is 0.282 e. The van der Waals surface area contributed by atoms with E-state index in [2.05, 4.69) is 125 Å². The van der Waals surface area contributed by atoms with Gasteiger partial charge in [0.2, 0.25) is 11.8 Å². The second kappa shape index (κ2) is 19.7. The van der Waals surface area contributed by atoms with Gasteiger partial charge in [0.1, 0.15) is 17.9 Å². The van der Waals surface area contributed by atoms with Crippen LogP contribution in [0.5, 0.6) is 0 Å². The van der Waals surface area contributed by atoms with Crippen LogP contribution in [0.4, 0.5) is 0 Å². The molecule has 2 saturated heterocycles. The third-order valence-corrected chi connectivity index (χ3v) is 21.8. The van der Waals surface area contributed by atoms with Crippen LogP contribution in [0, 0.1) is 12.8 Å². The molecule has 3 aliphatic heterocycles. The summed E-state index contributed by atoms with van der Waals surface area (Å²) in [6, 6.07) is 19.1. The van der Waals surface area contributed by atoms with Gasteiger partial charge in [-0.15, -0.1) is 16.4 Å². The van der Waals surface area contributed by atoms with Gasteiger partial charge in [0.25, 0.3) is 5.56 Å². The third-order valence-electron chi connectivity index (χ3n) is 15.9. The number of aromatic nitrogens is 6. The van der Waals surface area contributed by atoms with Gasteiger partial charge >= 0.3 is 0 Å². The number of benzene rings is 3. The molecular formula is C55H70ClN9O4SSi. The number of fused-ring (bicyclic) bond motifs is 5. The molecule has 1 N–H and O–H groups in total. The Morgan fingerprint density at radius 3 is 2.44 bits per heavy atom. The van der Waals surface area contributed by atoms with E-state index in [4.69, 9.17) is 16.0 Å². The molecule has 0 saturated carbocycles. The lowest BCUT2D eigenvalue weighted by molar-refractivity contribution is -0.142. The van der Waals surface area contributed by atoms with E-state index in [0.29, 0.717) is 29.3 Å². The van der Waals surface area contributed by atoms with Gasteiger partial charge in [-0.25, -0.2) is 9.67 Å². The van der Waals surface area contributed by atoms with Crippen molar-refractivity contribution in [1.82, 2.24) is 44.6 Å². The van der Waals surface area contributed by atoms with Crippen LogP contribution in [0.3, 0.4) is 0 Å². The van der Waals surface area contributed by atoms with E-state index in [9.17, 15) is 14.4 Å². The number of rotatable bonds is 14. The van der Waals surface area contributed by atoms with Gasteiger partial charge in [-0.1, -0.05) is 93.9 Å². The quantitative estimate of drug-likeness (QED) is 0.106.